The van der Waals surface area contributed by atoms with Gasteiger partial charge in [0, 0.05) is 64.4 Å². The lowest BCUT2D eigenvalue weighted by Gasteiger charge is -2.44. The molecule has 61 heavy (non-hydrogen) atoms. The molecule has 0 saturated carbocycles. The molecule has 3 aromatic carbocycles. The number of aliphatic hydroxyl groups is 2. The quantitative estimate of drug-likeness (QED) is 0.0882. The minimum absolute atomic E-state index is 0.0664. The van der Waals surface area contributed by atoms with Crippen molar-refractivity contribution in [3.63, 3.8) is 0 Å². The molecule has 0 amide bonds. The van der Waals surface area contributed by atoms with Crippen LogP contribution in [-0.4, -0.2) is 112 Å². The number of anilines is 1. The van der Waals surface area contributed by atoms with E-state index in [-0.39, 0.29) is 48.9 Å². The summed E-state index contributed by atoms with van der Waals surface area (Å²) in [5.41, 5.74) is 3.47. The number of hydrogen-bond acceptors (Lipinski definition) is 16. The number of esters is 4. The first-order valence-electron chi connectivity index (χ1n) is 19.9. The van der Waals surface area contributed by atoms with Gasteiger partial charge in [-0.05, 0) is 48.0 Å². The van der Waals surface area contributed by atoms with Gasteiger partial charge in [-0.1, -0.05) is 67.7 Å². The van der Waals surface area contributed by atoms with Gasteiger partial charge < -0.3 is 58.7 Å². The number of thiocarbonyl (C=S) groups is 1. The Morgan fingerprint density at radius 3 is 2.05 bits per heavy atom. The fraction of sp³-hybridized carbons (Fsp3) is 0.477. The number of benzene rings is 3. The third-order valence-electron chi connectivity index (χ3n) is 10.3. The van der Waals surface area contributed by atoms with Crippen molar-refractivity contribution >= 4 is 46.8 Å². The first-order chi connectivity index (χ1) is 29.0. The normalized spacial score (nSPS) is 25.5. The molecule has 0 bridgehead atoms. The van der Waals surface area contributed by atoms with Crippen LogP contribution in [0.1, 0.15) is 81.8 Å². The van der Waals surface area contributed by atoms with Gasteiger partial charge in [0.05, 0.1) is 29.9 Å². The van der Waals surface area contributed by atoms with Gasteiger partial charge in [-0.3, -0.25) is 19.2 Å². The van der Waals surface area contributed by atoms with E-state index in [1.54, 1.807) is 30.3 Å². The Labute approximate surface area is 360 Å². The van der Waals surface area contributed by atoms with Crippen molar-refractivity contribution in [2.45, 2.75) is 103 Å². The molecule has 0 aliphatic carbocycles. The van der Waals surface area contributed by atoms with Crippen molar-refractivity contribution in [1.82, 2.24) is 4.90 Å². The van der Waals surface area contributed by atoms with Gasteiger partial charge in [-0.25, -0.2) is 0 Å². The highest BCUT2D eigenvalue weighted by Crippen LogP contribution is 2.42. The highest BCUT2D eigenvalue weighted by Gasteiger charge is 2.52. The molecule has 330 valence electrons. The van der Waals surface area contributed by atoms with Gasteiger partial charge in [0.25, 0.3) is 0 Å². The van der Waals surface area contributed by atoms with E-state index in [1.165, 1.54) is 19.9 Å². The van der Waals surface area contributed by atoms with Crippen molar-refractivity contribution in [2.24, 2.45) is 5.92 Å². The zero-order valence-corrected chi connectivity index (χ0v) is 35.7. The molecule has 17 heteroatoms. The number of aliphatic hydroxyl groups excluding tert-OH is 2. The summed E-state index contributed by atoms with van der Waals surface area (Å²) in [6, 6.07) is 21.3. The van der Waals surface area contributed by atoms with Crippen molar-refractivity contribution < 1.29 is 67.7 Å². The number of nitrogens with zero attached hydrogens (tertiary/aromatic N) is 1. The summed E-state index contributed by atoms with van der Waals surface area (Å²) in [7, 11) is 1.88. The minimum atomic E-state index is -1.33. The van der Waals surface area contributed by atoms with E-state index in [4.69, 9.17) is 45.4 Å². The summed E-state index contributed by atoms with van der Waals surface area (Å²) in [5, 5.41) is 33.8. The van der Waals surface area contributed by atoms with E-state index >= 15 is 0 Å². The number of likely N-dealkylation sites (N-methyl/N-ethyl adjacent to an activating group) is 1. The van der Waals surface area contributed by atoms with Crippen LogP contribution < -0.4 is 5.32 Å². The Bertz CT molecular complexity index is 2000. The minimum Gasteiger partial charge on any atom is -0.508 e. The van der Waals surface area contributed by atoms with E-state index in [0.29, 0.717) is 23.4 Å². The van der Waals surface area contributed by atoms with Gasteiger partial charge in [0.2, 0.25) is 0 Å². The molecule has 16 nitrogen and oxygen atoms in total. The van der Waals surface area contributed by atoms with Gasteiger partial charge >= 0.3 is 23.9 Å². The maximum atomic E-state index is 12.3. The number of hydrogen-bond donors (Lipinski definition) is 4. The number of phenols is 1. The molecule has 0 radical (unpaired) electrons. The summed E-state index contributed by atoms with van der Waals surface area (Å²) in [6.07, 6.45) is -8.60. The largest absolute Gasteiger partial charge is 0.508 e. The number of rotatable bonds is 16. The number of carbonyl (C=O) groups is 4. The van der Waals surface area contributed by atoms with Crippen molar-refractivity contribution in [3.8, 4) is 5.75 Å². The molecule has 10 atom stereocenters. The van der Waals surface area contributed by atoms with Crippen LogP contribution in [-0.2, 0) is 58.9 Å². The zero-order chi connectivity index (χ0) is 44.4. The lowest BCUT2D eigenvalue weighted by Crippen LogP contribution is -2.62. The first-order valence-corrected chi connectivity index (χ1v) is 20.3. The highest BCUT2D eigenvalue weighted by molar-refractivity contribution is 7.80. The van der Waals surface area contributed by atoms with E-state index in [1.807, 2.05) is 55.3 Å². The molecule has 0 spiro atoms. The van der Waals surface area contributed by atoms with Crippen LogP contribution in [0.15, 0.2) is 72.8 Å². The summed E-state index contributed by atoms with van der Waals surface area (Å²) >= 11 is 5.79. The summed E-state index contributed by atoms with van der Waals surface area (Å²) in [4.78, 5) is 50.7. The molecule has 2 aliphatic heterocycles. The Hall–Kier alpha value is -5.01. The first kappa shape index (κ1) is 47.0. The molecule has 2 aliphatic rings. The Kier molecular flexibility index (Phi) is 16.7. The second-order valence-electron chi connectivity index (χ2n) is 15.3. The van der Waals surface area contributed by atoms with Gasteiger partial charge in [0.15, 0.2) is 24.6 Å². The van der Waals surface area contributed by atoms with Crippen LogP contribution in [0.2, 0.25) is 0 Å². The third kappa shape index (κ3) is 13.2. The topological polar surface area (TPSA) is 209 Å². The molecule has 4 N–H and O–H groups in total. The molecule has 0 aromatic heterocycles. The van der Waals surface area contributed by atoms with Crippen molar-refractivity contribution in [3.05, 3.63) is 95.1 Å². The average molecular weight is 867 g/mol. The fourth-order valence-corrected chi connectivity index (χ4v) is 7.76. The molecular weight excluding hydrogens is 813 g/mol. The second-order valence-corrected chi connectivity index (χ2v) is 15.8. The maximum absolute atomic E-state index is 12.3. The van der Waals surface area contributed by atoms with Crippen LogP contribution in [0, 0.1) is 5.92 Å². The summed E-state index contributed by atoms with van der Waals surface area (Å²) in [6.45, 7) is 6.95. The van der Waals surface area contributed by atoms with Crippen LogP contribution in [0.5, 0.6) is 5.75 Å². The standard InChI is InChI=1S/C44H54N2O14S/c1-24-37(21-46(6)20-35(53)31-9-8-12-34(52)18-31)59-44(60-40(24)30-15-13-29(22-47)14-16-30)32-10-7-11-33(17-32)45-39(61)19-36-41(55-26(3)49)43(57-28(5)51)42(56-27(4)50)38(58-36)23-54-25(2)48/h7-18,24,35-38,40-44,47,52-53H,19-23H2,1-6H3,(H,45,61). The number of carbonyl (C=O) groups excluding carboxylic acids is 4. The molecule has 5 rings (SSSR count). The second kappa shape index (κ2) is 21.7. The number of aromatic hydroxyl groups is 1. The van der Waals surface area contributed by atoms with E-state index in [9.17, 15) is 34.5 Å². The van der Waals surface area contributed by atoms with Gasteiger partial charge in [-0.15, -0.1) is 0 Å². The SMILES string of the molecule is CC(=O)OCC1OC(CC(=S)Nc2cccc(C3OC(CN(C)CC(O)c4cccc(O)c4)C(C)C(c4ccc(CO)cc4)O3)c2)C(OC(C)=O)C(OC(C)=O)C1OC(C)=O. The lowest BCUT2D eigenvalue weighted by molar-refractivity contribution is -0.276. The number of nitrogens with one attached hydrogen (secondary N) is 1. The van der Waals surface area contributed by atoms with E-state index in [2.05, 4.69) is 5.32 Å². The Morgan fingerprint density at radius 1 is 0.787 bits per heavy atom. The Balaban J connectivity index is 1.37. The van der Waals surface area contributed by atoms with Crippen LogP contribution in [0.3, 0.4) is 0 Å². The van der Waals surface area contributed by atoms with Crippen LogP contribution >= 0.6 is 12.2 Å². The lowest BCUT2D eigenvalue weighted by atomic mass is 9.90. The molecule has 3 aromatic rings. The van der Waals surface area contributed by atoms with E-state index < -0.39 is 72.9 Å². The molecular formula is C44H54N2O14S. The van der Waals surface area contributed by atoms with Crippen molar-refractivity contribution in [2.75, 3.05) is 32.1 Å². The van der Waals surface area contributed by atoms with E-state index in [0.717, 1.165) is 25.0 Å². The molecule has 2 fully saturated rings. The maximum Gasteiger partial charge on any atom is 0.303 e. The third-order valence-corrected chi connectivity index (χ3v) is 10.5. The summed E-state index contributed by atoms with van der Waals surface area (Å²) < 4.78 is 41.4. The average Bonchev–Trinajstić information content (AvgIpc) is 3.19. The van der Waals surface area contributed by atoms with Gasteiger partial charge in [-0.2, -0.15) is 0 Å². The molecule has 2 heterocycles. The van der Waals surface area contributed by atoms with Gasteiger partial charge in [0.1, 0.15) is 24.6 Å². The predicted octanol–water partition coefficient (Wildman–Crippen LogP) is 4.60. The van der Waals surface area contributed by atoms with Crippen LogP contribution in [0.25, 0.3) is 0 Å². The molecule has 2 saturated heterocycles. The highest BCUT2D eigenvalue weighted by atomic mass is 32.1. The van der Waals surface area contributed by atoms with Crippen LogP contribution in [0.4, 0.5) is 5.69 Å². The summed E-state index contributed by atoms with van der Waals surface area (Å²) in [5.74, 6) is -2.90. The smallest absolute Gasteiger partial charge is 0.303 e. The number of phenolic OH excluding ortho intramolecular Hbond substituents is 1. The fourth-order valence-electron chi connectivity index (χ4n) is 7.48. The Morgan fingerprint density at radius 2 is 1.43 bits per heavy atom. The zero-order valence-electron chi connectivity index (χ0n) is 34.9. The monoisotopic (exact) mass is 866 g/mol. The predicted molar refractivity (Wildman–Crippen MR) is 223 cm³/mol. The molecule has 10 unspecified atom stereocenters. The number of ether oxygens (including phenoxy) is 7. The van der Waals surface area contributed by atoms with Crippen molar-refractivity contribution in [1.29, 1.82) is 0 Å².